The van der Waals surface area contributed by atoms with Crippen molar-refractivity contribution in [2.24, 2.45) is 0 Å². The van der Waals surface area contributed by atoms with E-state index in [0.29, 0.717) is 10.6 Å². The van der Waals surface area contributed by atoms with Crippen molar-refractivity contribution in [2.45, 2.75) is 6.54 Å². The molecular formula is C14H19ClN2O2. The molecule has 0 radical (unpaired) electrons. The molecule has 0 atom stereocenters. The Labute approximate surface area is 118 Å². The minimum atomic E-state index is -0.345. The van der Waals surface area contributed by atoms with Crippen LogP contribution >= 0.6 is 11.6 Å². The van der Waals surface area contributed by atoms with E-state index in [1.165, 1.54) is 7.11 Å². The number of hydrogen-bond donors (Lipinski definition) is 0. The van der Waals surface area contributed by atoms with Crippen molar-refractivity contribution in [3.63, 3.8) is 0 Å². The molecule has 0 unspecified atom stereocenters. The van der Waals surface area contributed by atoms with Crippen LogP contribution in [0.4, 0.5) is 0 Å². The van der Waals surface area contributed by atoms with Crippen molar-refractivity contribution in [2.75, 3.05) is 40.3 Å². The number of halogens is 1. The molecule has 1 aliphatic heterocycles. The molecular weight excluding hydrogens is 264 g/mol. The lowest BCUT2D eigenvalue weighted by atomic mass is 10.1. The summed E-state index contributed by atoms with van der Waals surface area (Å²) in [6.07, 6.45) is 0. The second-order valence-electron chi connectivity index (χ2n) is 4.92. The van der Waals surface area contributed by atoms with Crippen LogP contribution in [0.3, 0.4) is 0 Å². The molecule has 0 amide bonds. The molecule has 1 saturated heterocycles. The van der Waals surface area contributed by atoms with Crippen molar-refractivity contribution in [1.82, 2.24) is 9.80 Å². The predicted molar refractivity (Wildman–Crippen MR) is 75.6 cm³/mol. The Morgan fingerprint density at radius 3 is 2.58 bits per heavy atom. The number of ether oxygens (including phenoxy) is 1. The molecule has 0 aliphatic carbocycles. The van der Waals surface area contributed by atoms with Crippen LogP contribution in [0.5, 0.6) is 0 Å². The van der Waals surface area contributed by atoms with Gasteiger partial charge in [0.05, 0.1) is 12.7 Å². The molecule has 0 bridgehead atoms. The zero-order chi connectivity index (χ0) is 13.8. The molecule has 2 rings (SSSR count). The first-order chi connectivity index (χ1) is 9.08. The summed E-state index contributed by atoms with van der Waals surface area (Å²) in [5.74, 6) is -0.345. The molecule has 104 valence electrons. The van der Waals surface area contributed by atoms with Gasteiger partial charge < -0.3 is 9.64 Å². The van der Waals surface area contributed by atoms with E-state index in [-0.39, 0.29) is 5.97 Å². The van der Waals surface area contributed by atoms with Crippen LogP contribution in [0.1, 0.15) is 15.9 Å². The zero-order valence-corrected chi connectivity index (χ0v) is 12.1. The minimum absolute atomic E-state index is 0.345. The number of hydrogen-bond acceptors (Lipinski definition) is 4. The monoisotopic (exact) mass is 282 g/mol. The Balaban J connectivity index is 2.07. The highest BCUT2D eigenvalue weighted by atomic mass is 35.5. The maximum absolute atomic E-state index is 11.6. The van der Waals surface area contributed by atoms with Gasteiger partial charge in [0, 0.05) is 37.7 Å². The van der Waals surface area contributed by atoms with Crippen LogP contribution < -0.4 is 0 Å². The SMILES string of the molecule is COC(=O)c1cc(Cl)cc(CN2CCN(C)CC2)c1. The number of carbonyl (C=O) groups is 1. The Kier molecular flexibility index (Phi) is 4.80. The fourth-order valence-corrected chi connectivity index (χ4v) is 2.50. The van der Waals surface area contributed by atoms with Crippen molar-refractivity contribution < 1.29 is 9.53 Å². The zero-order valence-electron chi connectivity index (χ0n) is 11.4. The molecule has 5 heteroatoms. The standard InChI is InChI=1S/C14H19ClN2O2/c1-16-3-5-17(6-4-16)10-11-7-12(14(18)19-2)9-13(15)8-11/h7-9H,3-6,10H2,1-2H3. The quantitative estimate of drug-likeness (QED) is 0.793. The van der Waals surface area contributed by atoms with Crippen molar-refractivity contribution in [1.29, 1.82) is 0 Å². The number of rotatable bonds is 3. The molecule has 0 saturated carbocycles. The van der Waals surface area contributed by atoms with Gasteiger partial charge in [-0.3, -0.25) is 4.90 Å². The molecule has 0 aromatic heterocycles. The number of carbonyl (C=O) groups excluding carboxylic acids is 1. The van der Waals surface area contributed by atoms with Gasteiger partial charge in [-0.05, 0) is 30.8 Å². The summed E-state index contributed by atoms with van der Waals surface area (Å²) in [7, 11) is 3.51. The first-order valence-electron chi connectivity index (χ1n) is 6.37. The van der Waals surface area contributed by atoms with E-state index in [1.54, 1.807) is 6.07 Å². The van der Waals surface area contributed by atoms with Crippen molar-refractivity contribution >= 4 is 17.6 Å². The van der Waals surface area contributed by atoms with E-state index >= 15 is 0 Å². The Hall–Kier alpha value is -1.10. The Bertz CT molecular complexity index is 457. The van der Waals surface area contributed by atoms with Gasteiger partial charge >= 0.3 is 5.97 Å². The molecule has 1 aromatic rings. The first-order valence-corrected chi connectivity index (χ1v) is 6.75. The van der Waals surface area contributed by atoms with Gasteiger partial charge in [0.15, 0.2) is 0 Å². The Morgan fingerprint density at radius 1 is 1.26 bits per heavy atom. The van der Waals surface area contributed by atoms with E-state index in [9.17, 15) is 4.79 Å². The first kappa shape index (κ1) is 14.3. The second-order valence-corrected chi connectivity index (χ2v) is 5.36. The minimum Gasteiger partial charge on any atom is -0.465 e. The predicted octanol–water partition coefficient (Wildman–Crippen LogP) is 1.87. The fraction of sp³-hybridized carbons (Fsp3) is 0.500. The van der Waals surface area contributed by atoms with Crippen LogP contribution in [-0.2, 0) is 11.3 Å². The average molecular weight is 283 g/mol. The van der Waals surface area contributed by atoms with E-state index in [2.05, 4.69) is 16.8 Å². The topological polar surface area (TPSA) is 32.8 Å². The highest BCUT2D eigenvalue weighted by Crippen LogP contribution is 2.18. The lowest BCUT2D eigenvalue weighted by Gasteiger charge is -2.32. The largest absolute Gasteiger partial charge is 0.465 e. The highest BCUT2D eigenvalue weighted by Gasteiger charge is 2.15. The molecule has 1 aliphatic rings. The maximum Gasteiger partial charge on any atom is 0.337 e. The fourth-order valence-electron chi connectivity index (χ4n) is 2.24. The lowest BCUT2D eigenvalue weighted by Crippen LogP contribution is -2.43. The third kappa shape index (κ3) is 3.93. The van der Waals surface area contributed by atoms with E-state index in [4.69, 9.17) is 16.3 Å². The number of methoxy groups -OCH3 is 1. The van der Waals surface area contributed by atoms with Crippen LogP contribution in [-0.4, -0.2) is 56.1 Å². The van der Waals surface area contributed by atoms with Gasteiger partial charge in [0.2, 0.25) is 0 Å². The maximum atomic E-state index is 11.6. The van der Waals surface area contributed by atoms with Gasteiger partial charge in [-0.1, -0.05) is 11.6 Å². The molecule has 19 heavy (non-hydrogen) atoms. The molecule has 0 N–H and O–H groups in total. The van der Waals surface area contributed by atoms with Gasteiger partial charge in [0.1, 0.15) is 0 Å². The summed E-state index contributed by atoms with van der Waals surface area (Å²) < 4.78 is 4.73. The normalized spacial score (nSPS) is 17.4. The number of esters is 1. The molecule has 0 spiro atoms. The van der Waals surface area contributed by atoms with Crippen molar-refractivity contribution in [3.05, 3.63) is 34.3 Å². The third-order valence-corrected chi connectivity index (χ3v) is 3.60. The summed E-state index contributed by atoms with van der Waals surface area (Å²) in [6.45, 7) is 5.04. The summed E-state index contributed by atoms with van der Waals surface area (Å²) >= 11 is 6.06. The van der Waals surface area contributed by atoms with Gasteiger partial charge in [-0.15, -0.1) is 0 Å². The van der Waals surface area contributed by atoms with Crippen LogP contribution in [0.2, 0.25) is 5.02 Å². The number of benzene rings is 1. The molecule has 1 heterocycles. The molecule has 4 nitrogen and oxygen atoms in total. The number of likely N-dealkylation sites (N-methyl/N-ethyl adjacent to an activating group) is 1. The smallest absolute Gasteiger partial charge is 0.337 e. The van der Waals surface area contributed by atoms with Crippen LogP contribution in [0, 0.1) is 0 Å². The third-order valence-electron chi connectivity index (χ3n) is 3.38. The van der Waals surface area contributed by atoms with E-state index in [0.717, 1.165) is 38.3 Å². The second kappa shape index (κ2) is 6.37. The molecule has 1 fully saturated rings. The van der Waals surface area contributed by atoms with Gasteiger partial charge in [-0.25, -0.2) is 4.79 Å². The summed E-state index contributed by atoms with van der Waals surface area (Å²) in [5.41, 5.74) is 1.57. The van der Waals surface area contributed by atoms with E-state index in [1.807, 2.05) is 12.1 Å². The van der Waals surface area contributed by atoms with Gasteiger partial charge in [0.25, 0.3) is 0 Å². The average Bonchev–Trinajstić information content (AvgIpc) is 2.40. The van der Waals surface area contributed by atoms with Crippen molar-refractivity contribution in [3.8, 4) is 0 Å². The number of nitrogens with zero attached hydrogens (tertiary/aromatic N) is 2. The summed E-state index contributed by atoms with van der Waals surface area (Å²) in [6, 6.07) is 5.41. The van der Waals surface area contributed by atoms with E-state index < -0.39 is 0 Å². The lowest BCUT2D eigenvalue weighted by molar-refractivity contribution is 0.0600. The summed E-state index contributed by atoms with van der Waals surface area (Å²) in [4.78, 5) is 16.2. The van der Waals surface area contributed by atoms with Crippen LogP contribution in [0.25, 0.3) is 0 Å². The number of piperazine rings is 1. The van der Waals surface area contributed by atoms with Crippen LogP contribution in [0.15, 0.2) is 18.2 Å². The Morgan fingerprint density at radius 2 is 1.95 bits per heavy atom. The molecule has 1 aromatic carbocycles. The highest BCUT2D eigenvalue weighted by molar-refractivity contribution is 6.31. The van der Waals surface area contributed by atoms with Gasteiger partial charge in [-0.2, -0.15) is 0 Å². The summed E-state index contributed by atoms with van der Waals surface area (Å²) in [5, 5.41) is 0.576.